The maximum Gasteiger partial charge on any atom is 0.261 e. The van der Waals surface area contributed by atoms with Crippen molar-refractivity contribution in [1.29, 1.82) is 0 Å². The number of rotatable bonds is 5. The lowest BCUT2D eigenvalue weighted by Gasteiger charge is -2.22. The minimum Gasteiger partial charge on any atom is -0.381 e. The molecule has 1 saturated heterocycles. The number of hydrogen-bond acceptors (Lipinski definition) is 5. The summed E-state index contributed by atoms with van der Waals surface area (Å²) in [7, 11) is -2.49. The molecule has 1 aromatic rings. The molecule has 0 aromatic heterocycles. The Morgan fingerprint density at radius 1 is 1.14 bits per heavy atom. The number of nitrogens with one attached hydrogen (secondary N) is 1. The fourth-order valence-corrected chi connectivity index (χ4v) is 4.09. The molecular weight excluding hydrogens is 338 g/mol. The first-order valence-electron chi connectivity index (χ1n) is 6.41. The molecule has 0 saturated carbocycles. The predicted octanol–water partition coefficient (Wildman–Crippen LogP) is 1.32. The number of benzene rings is 1. The Kier molecular flexibility index (Phi) is 5.26. The van der Waals surface area contributed by atoms with Crippen molar-refractivity contribution >= 4 is 29.8 Å². The molecular formula is C12H16ClNO5S2. The van der Waals surface area contributed by atoms with Gasteiger partial charge in [-0.3, -0.25) is 0 Å². The van der Waals surface area contributed by atoms with Crippen molar-refractivity contribution in [2.24, 2.45) is 5.92 Å². The Morgan fingerprint density at radius 2 is 1.76 bits per heavy atom. The van der Waals surface area contributed by atoms with E-state index in [1.165, 1.54) is 18.2 Å². The summed E-state index contributed by atoms with van der Waals surface area (Å²) < 4.78 is 54.6. The molecule has 1 N–H and O–H groups in total. The van der Waals surface area contributed by atoms with Gasteiger partial charge >= 0.3 is 0 Å². The summed E-state index contributed by atoms with van der Waals surface area (Å²) in [6.45, 7) is 1.57. The molecule has 0 radical (unpaired) electrons. The summed E-state index contributed by atoms with van der Waals surface area (Å²) in [5, 5.41) is 0. The van der Waals surface area contributed by atoms with E-state index in [1.807, 2.05) is 0 Å². The molecule has 0 aliphatic carbocycles. The molecule has 0 bridgehead atoms. The minimum absolute atomic E-state index is 0.115. The van der Waals surface area contributed by atoms with Gasteiger partial charge in [0.1, 0.15) is 0 Å². The Bertz CT molecular complexity index is 696. The van der Waals surface area contributed by atoms with Gasteiger partial charge in [-0.25, -0.2) is 21.6 Å². The highest BCUT2D eigenvalue weighted by atomic mass is 35.7. The van der Waals surface area contributed by atoms with Crippen LogP contribution in [0.1, 0.15) is 12.8 Å². The highest BCUT2D eigenvalue weighted by Crippen LogP contribution is 2.20. The van der Waals surface area contributed by atoms with E-state index in [2.05, 4.69) is 4.72 Å². The van der Waals surface area contributed by atoms with Crippen molar-refractivity contribution < 1.29 is 21.6 Å². The second-order valence-electron chi connectivity index (χ2n) is 4.82. The summed E-state index contributed by atoms with van der Waals surface area (Å²) in [5.41, 5.74) is 0. The molecule has 1 aliphatic rings. The summed E-state index contributed by atoms with van der Waals surface area (Å²) in [5.74, 6) is 0.230. The molecule has 6 nitrogen and oxygen atoms in total. The van der Waals surface area contributed by atoms with E-state index in [-0.39, 0.29) is 15.7 Å². The predicted molar refractivity (Wildman–Crippen MR) is 78.2 cm³/mol. The van der Waals surface area contributed by atoms with Gasteiger partial charge in [-0.05, 0) is 37.0 Å². The van der Waals surface area contributed by atoms with Crippen LogP contribution in [0.15, 0.2) is 34.1 Å². The Labute approximate surface area is 128 Å². The van der Waals surface area contributed by atoms with Gasteiger partial charge in [0.2, 0.25) is 10.0 Å². The highest BCUT2D eigenvalue weighted by Gasteiger charge is 2.20. The Morgan fingerprint density at radius 3 is 2.38 bits per heavy atom. The maximum absolute atomic E-state index is 12.2. The van der Waals surface area contributed by atoms with Gasteiger partial charge in [-0.2, -0.15) is 0 Å². The van der Waals surface area contributed by atoms with E-state index < -0.39 is 19.1 Å². The Balaban J connectivity index is 2.12. The molecule has 1 aliphatic heterocycles. The van der Waals surface area contributed by atoms with Gasteiger partial charge in [0.25, 0.3) is 9.05 Å². The largest absolute Gasteiger partial charge is 0.381 e. The van der Waals surface area contributed by atoms with Crippen LogP contribution in [-0.4, -0.2) is 36.6 Å². The third-order valence-electron chi connectivity index (χ3n) is 3.30. The van der Waals surface area contributed by atoms with Crippen molar-refractivity contribution in [2.45, 2.75) is 22.6 Å². The highest BCUT2D eigenvalue weighted by molar-refractivity contribution is 8.13. The van der Waals surface area contributed by atoms with Gasteiger partial charge in [0, 0.05) is 30.4 Å². The molecule has 1 fully saturated rings. The fourth-order valence-electron chi connectivity index (χ4n) is 2.05. The van der Waals surface area contributed by atoms with E-state index in [4.69, 9.17) is 15.4 Å². The molecule has 0 atom stereocenters. The lowest BCUT2D eigenvalue weighted by atomic mass is 10.0. The van der Waals surface area contributed by atoms with Crippen molar-refractivity contribution in [3.63, 3.8) is 0 Å². The monoisotopic (exact) mass is 353 g/mol. The summed E-state index contributed by atoms with van der Waals surface area (Å²) in [6, 6.07) is 4.98. The quantitative estimate of drug-likeness (QED) is 0.806. The molecule has 1 heterocycles. The third-order valence-corrected chi connectivity index (χ3v) is 6.07. The topological polar surface area (TPSA) is 89.5 Å². The van der Waals surface area contributed by atoms with Crippen LogP contribution in [0.2, 0.25) is 0 Å². The van der Waals surface area contributed by atoms with Crippen LogP contribution in [0.3, 0.4) is 0 Å². The average Bonchev–Trinajstić information content (AvgIpc) is 2.46. The van der Waals surface area contributed by atoms with Crippen LogP contribution in [0.5, 0.6) is 0 Å². The van der Waals surface area contributed by atoms with Crippen LogP contribution in [-0.2, 0) is 23.8 Å². The maximum atomic E-state index is 12.2. The Hall–Kier alpha value is -0.670. The van der Waals surface area contributed by atoms with Crippen LogP contribution in [0.25, 0.3) is 0 Å². The fraction of sp³-hybridized carbons (Fsp3) is 0.500. The zero-order valence-corrected chi connectivity index (χ0v) is 13.5. The minimum atomic E-state index is -3.96. The van der Waals surface area contributed by atoms with Crippen molar-refractivity contribution in [3.05, 3.63) is 24.3 Å². The second-order valence-corrected chi connectivity index (χ2v) is 9.15. The first-order chi connectivity index (χ1) is 9.79. The first-order valence-corrected chi connectivity index (χ1v) is 10.2. The number of hydrogen-bond donors (Lipinski definition) is 1. The van der Waals surface area contributed by atoms with E-state index >= 15 is 0 Å². The lowest BCUT2D eigenvalue weighted by molar-refractivity contribution is 0.0678. The first kappa shape index (κ1) is 16.7. The molecule has 0 amide bonds. The second kappa shape index (κ2) is 6.62. The molecule has 0 spiro atoms. The van der Waals surface area contributed by atoms with E-state index in [0.717, 1.165) is 18.9 Å². The number of ether oxygens (including phenoxy) is 1. The lowest BCUT2D eigenvalue weighted by Crippen LogP contribution is -2.32. The van der Waals surface area contributed by atoms with Gasteiger partial charge in [0.15, 0.2) is 0 Å². The van der Waals surface area contributed by atoms with Crippen LogP contribution >= 0.6 is 10.7 Å². The molecule has 2 rings (SSSR count). The summed E-state index contributed by atoms with van der Waals surface area (Å²) >= 11 is 0. The van der Waals surface area contributed by atoms with Gasteiger partial charge in [0.05, 0.1) is 9.79 Å². The molecule has 9 heteroatoms. The van der Waals surface area contributed by atoms with Gasteiger partial charge in [-0.15, -0.1) is 0 Å². The van der Waals surface area contributed by atoms with Crippen LogP contribution in [0, 0.1) is 5.92 Å². The number of halogens is 1. The summed E-state index contributed by atoms with van der Waals surface area (Å²) in [4.78, 5) is -0.352. The standard InChI is InChI=1S/C12H16ClNO5S2/c13-20(15,16)11-2-1-3-12(8-11)21(17,18)14-9-10-4-6-19-7-5-10/h1-3,8,10,14H,4-7,9H2. The molecule has 0 unspecified atom stereocenters. The van der Waals surface area contributed by atoms with Crippen LogP contribution < -0.4 is 4.72 Å². The SMILES string of the molecule is O=S(=O)(Cl)c1cccc(S(=O)(=O)NCC2CCOCC2)c1. The van der Waals surface area contributed by atoms with Crippen molar-refractivity contribution in [1.82, 2.24) is 4.72 Å². The molecule has 118 valence electrons. The smallest absolute Gasteiger partial charge is 0.261 e. The number of sulfonamides is 1. The van der Waals surface area contributed by atoms with E-state index in [0.29, 0.717) is 19.8 Å². The summed E-state index contributed by atoms with van der Waals surface area (Å²) in [6.07, 6.45) is 1.61. The van der Waals surface area contributed by atoms with E-state index in [9.17, 15) is 16.8 Å². The normalized spacial score (nSPS) is 17.8. The van der Waals surface area contributed by atoms with Gasteiger partial charge in [-0.1, -0.05) is 6.07 Å². The van der Waals surface area contributed by atoms with Crippen molar-refractivity contribution in [2.75, 3.05) is 19.8 Å². The van der Waals surface area contributed by atoms with Crippen molar-refractivity contribution in [3.8, 4) is 0 Å². The molecule has 1 aromatic carbocycles. The van der Waals surface area contributed by atoms with E-state index in [1.54, 1.807) is 0 Å². The van der Waals surface area contributed by atoms with Crippen LogP contribution in [0.4, 0.5) is 0 Å². The van der Waals surface area contributed by atoms with Gasteiger partial charge < -0.3 is 4.74 Å². The molecule has 21 heavy (non-hydrogen) atoms. The average molecular weight is 354 g/mol. The zero-order valence-electron chi connectivity index (χ0n) is 11.2. The third kappa shape index (κ3) is 4.65. The zero-order chi connectivity index (χ0) is 15.5.